The van der Waals surface area contributed by atoms with Gasteiger partial charge in [0, 0.05) is 11.6 Å². The van der Waals surface area contributed by atoms with Crippen molar-refractivity contribution in [3.8, 4) is 0 Å². The Labute approximate surface area is 60.3 Å². The molecule has 1 rings (SSSR count). The molecule has 3 nitrogen and oxygen atoms in total. The standard InChI is InChI=1S/C7H12N2O/c1-7(2,3)6-8-4-5-9(6)10/h4-5,10H,1-3H3. The van der Waals surface area contributed by atoms with Gasteiger partial charge in [-0.05, 0) is 0 Å². The summed E-state index contributed by atoms with van der Waals surface area (Å²) in [6.45, 7) is 6.01. The zero-order valence-electron chi connectivity index (χ0n) is 6.50. The summed E-state index contributed by atoms with van der Waals surface area (Å²) >= 11 is 0. The highest BCUT2D eigenvalue weighted by atomic mass is 16.5. The van der Waals surface area contributed by atoms with Crippen LogP contribution in [0.1, 0.15) is 26.6 Å². The van der Waals surface area contributed by atoms with Crippen LogP contribution in [-0.4, -0.2) is 14.9 Å². The highest BCUT2D eigenvalue weighted by Gasteiger charge is 2.18. The number of aromatic nitrogens is 2. The van der Waals surface area contributed by atoms with E-state index in [-0.39, 0.29) is 5.41 Å². The van der Waals surface area contributed by atoms with Crippen LogP contribution in [0, 0.1) is 0 Å². The molecule has 0 unspecified atom stereocenters. The molecule has 0 fully saturated rings. The summed E-state index contributed by atoms with van der Waals surface area (Å²) in [5.41, 5.74) is -0.0851. The summed E-state index contributed by atoms with van der Waals surface area (Å²) in [6.07, 6.45) is 3.11. The predicted molar refractivity (Wildman–Crippen MR) is 38.1 cm³/mol. The van der Waals surface area contributed by atoms with Gasteiger partial charge in [0.05, 0.1) is 6.20 Å². The maximum atomic E-state index is 9.14. The molecule has 0 bridgehead atoms. The van der Waals surface area contributed by atoms with Crippen LogP contribution in [-0.2, 0) is 5.41 Å². The number of hydrogen-bond acceptors (Lipinski definition) is 2. The first-order valence-electron chi connectivity index (χ1n) is 3.25. The lowest BCUT2D eigenvalue weighted by Gasteiger charge is -2.15. The van der Waals surface area contributed by atoms with Crippen molar-refractivity contribution in [2.24, 2.45) is 0 Å². The van der Waals surface area contributed by atoms with E-state index < -0.39 is 0 Å². The Morgan fingerprint density at radius 2 is 2.10 bits per heavy atom. The van der Waals surface area contributed by atoms with Gasteiger partial charge >= 0.3 is 0 Å². The number of rotatable bonds is 0. The van der Waals surface area contributed by atoms with E-state index in [1.165, 1.54) is 6.20 Å². The average molecular weight is 140 g/mol. The van der Waals surface area contributed by atoms with E-state index in [9.17, 15) is 0 Å². The molecular weight excluding hydrogens is 128 g/mol. The lowest BCUT2D eigenvalue weighted by Crippen LogP contribution is -2.17. The minimum absolute atomic E-state index is 0.0851. The summed E-state index contributed by atoms with van der Waals surface area (Å²) in [5, 5.41) is 9.14. The Balaban J connectivity index is 3.05. The minimum Gasteiger partial charge on any atom is -0.427 e. The molecule has 0 spiro atoms. The van der Waals surface area contributed by atoms with E-state index in [0.29, 0.717) is 5.82 Å². The Bertz CT molecular complexity index is 222. The topological polar surface area (TPSA) is 38.0 Å². The van der Waals surface area contributed by atoms with E-state index in [1.54, 1.807) is 6.20 Å². The Morgan fingerprint density at radius 3 is 2.30 bits per heavy atom. The molecule has 56 valence electrons. The normalized spacial score (nSPS) is 11.9. The van der Waals surface area contributed by atoms with Gasteiger partial charge in [-0.1, -0.05) is 20.8 Å². The molecule has 0 saturated heterocycles. The van der Waals surface area contributed by atoms with Crippen LogP contribution in [0.5, 0.6) is 0 Å². The molecule has 0 aliphatic heterocycles. The quantitative estimate of drug-likeness (QED) is 0.553. The summed E-state index contributed by atoms with van der Waals surface area (Å²) in [6, 6.07) is 0. The fraction of sp³-hybridized carbons (Fsp3) is 0.571. The maximum Gasteiger partial charge on any atom is 0.149 e. The first-order chi connectivity index (χ1) is 4.52. The smallest absolute Gasteiger partial charge is 0.149 e. The van der Waals surface area contributed by atoms with Gasteiger partial charge in [0.25, 0.3) is 0 Å². The molecule has 1 aromatic rings. The van der Waals surface area contributed by atoms with E-state index in [0.717, 1.165) is 4.73 Å². The second-order valence-corrected chi connectivity index (χ2v) is 3.35. The SMILES string of the molecule is CC(C)(C)c1nccn1O. The second-order valence-electron chi connectivity index (χ2n) is 3.35. The third-order valence-electron chi connectivity index (χ3n) is 1.29. The van der Waals surface area contributed by atoms with Gasteiger partial charge in [-0.3, -0.25) is 0 Å². The molecule has 1 aromatic heterocycles. The average Bonchev–Trinajstić information content (AvgIpc) is 2.11. The van der Waals surface area contributed by atoms with Crippen molar-refractivity contribution in [2.45, 2.75) is 26.2 Å². The van der Waals surface area contributed by atoms with Crippen molar-refractivity contribution in [3.63, 3.8) is 0 Å². The first kappa shape index (κ1) is 7.12. The zero-order chi connectivity index (χ0) is 7.78. The van der Waals surface area contributed by atoms with Gasteiger partial charge in [0.1, 0.15) is 5.82 Å². The monoisotopic (exact) mass is 140 g/mol. The van der Waals surface area contributed by atoms with Crippen molar-refractivity contribution in [1.29, 1.82) is 0 Å². The van der Waals surface area contributed by atoms with Crippen molar-refractivity contribution in [1.82, 2.24) is 9.71 Å². The molecule has 0 aliphatic rings. The molecule has 0 aliphatic carbocycles. The van der Waals surface area contributed by atoms with Crippen molar-refractivity contribution in [3.05, 3.63) is 18.2 Å². The van der Waals surface area contributed by atoms with Crippen molar-refractivity contribution in [2.75, 3.05) is 0 Å². The highest BCUT2D eigenvalue weighted by molar-refractivity contribution is 5.02. The van der Waals surface area contributed by atoms with E-state index in [1.807, 2.05) is 20.8 Å². The fourth-order valence-electron chi connectivity index (χ4n) is 0.834. The third-order valence-corrected chi connectivity index (χ3v) is 1.29. The molecule has 0 amide bonds. The predicted octanol–water partition coefficient (Wildman–Crippen LogP) is 1.42. The van der Waals surface area contributed by atoms with Crippen molar-refractivity contribution < 1.29 is 5.21 Å². The minimum atomic E-state index is -0.0851. The van der Waals surface area contributed by atoms with Gasteiger partial charge < -0.3 is 5.21 Å². The summed E-state index contributed by atoms with van der Waals surface area (Å²) in [7, 11) is 0. The lowest BCUT2D eigenvalue weighted by molar-refractivity contribution is 0.164. The first-order valence-corrected chi connectivity index (χ1v) is 3.25. The Kier molecular flexibility index (Phi) is 1.43. The Morgan fingerprint density at radius 1 is 1.50 bits per heavy atom. The molecule has 10 heavy (non-hydrogen) atoms. The Hall–Kier alpha value is -0.990. The number of nitrogens with zero attached hydrogens (tertiary/aromatic N) is 2. The van der Waals surface area contributed by atoms with Gasteiger partial charge in [-0.25, -0.2) is 4.98 Å². The number of hydrogen-bond donors (Lipinski definition) is 1. The van der Waals surface area contributed by atoms with Crippen LogP contribution < -0.4 is 0 Å². The summed E-state index contributed by atoms with van der Waals surface area (Å²) in [5.74, 6) is 0.688. The summed E-state index contributed by atoms with van der Waals surface area (Å²) in [4.78, 5) is 4.00. The molecule has 1 heterocycles. The van der Waals surface area contributed by atoms with E-state index in [2.05, 4.69) is 4.98 Å². The van der Waals surface area contributed by atoms with Gasteiger partial charge in [0.2, 0.25) is 0 Å². The molecule has 1 N–H and O–H groups in total. The van der Waals surface area contributed by atoms with E-state index >= 15 is 0 Å². The summed E-state index contributed by atoms with van der Waals surface area (Å²) < 4.78 is 1.06. The lowest BCUT2D eigenvalue weighted by atomic mass is 9.96. The zero-order valence-corrected chi connectivity index (χ0v) is 6.50. The van der Waals surface area contributed by atoms with Gasteiger partial charge in [-0.15, -0.1) is 0 Å². The molecule has 0 saturated carbocycles. The van der Waals surface area contributed by atoms with Crippen LogP contribution >= 0.6 is 0 Å². The molecule has 0 atom stereocenters. The maximum absolute atomic E-state index is 9.14. The largest absolute Gasteiger partial charge is 0.427 e. The fourth-order valence-corrected chi connectivity index (χ4v) is 0.834. The molecule has 3 heteroatoms. The van der Waals surface area contributed by atoms with Crippen LogP contribution in [0.15, 0.2) is 12.4 Å². The van der Waals surface area contributed by atoms with Crippen LogP contribution in [0.25, 0.3) is 0 Å². The highest BCUT2D eigenvalue weighted by Crippen LogP contribution is 2.18. The van der Waals surface area contributed by atoms with Gasteiger partial charge in [-0.2, -0.15) is 4.73 Å². The van der Waals surface area contributed by atoms with Crippen LogP contribution in [0.2, 0.25) is 0 Å². The molecular formula is C7H12N2O. The number of imidazole rings is 1. The van der Waals surface area contributed by atoms with Gasteiger partial charge in [0.15, 0.2) is 0 Å². The second kappa shape index (κ2) is 2.01. The van der Waals surface area contributed by atoms with E-state index in [4.69, 9.17) is 5.21 Å². The van der Waals surface area contributed by atoms with Crippen LogP contribution in [0.4, 0.5) is 0 Å². The van der Waals surface area contributed by atoms with Crippen LogP contribution in [0.3, 0.4) is 0 Å². The van der Waals surface area contributed by atoms with Crippen molar-refractivity contribution >= 4 is 0 Å². The molecule has 0 radical (unpaired) electrons. The molecule has 0 aromatic carbocycles. The third kappa shape index (κ3) is 1.12.